The first-order valence-electron chi connectivity index (χ1n) is 8.67. The van der Waals surface area contributed by atoms with E-state index in [1.807, 2.05) is 53.2 Å². The van der Waals surface area contributed by atoms with Gasteiger partial charge in [-0.3, -0.25) is 14.2 Å². The highest BCUT2D eigenvalue weighted by Gasteiger charge is 2.15. The Labute approximate surface area is 174 Å². The van der Waals surface area contributed by atoms with Gasteiger partial charge in [-0.25, -0.2) is 4.98 Å². The summed E-state index contributed by atoms with van der Waals surface area (Å²) in [5.74, 6) is 0.583. The Hall–Kier alpha value is -2.42. The number of thioether (sulfide) groups is 1. The first kappa shape index (κ1) is 18.9. The summed E-state index contributed by atoms with van der Waals surface area (Å²) in [5, 5.41) is 7.39. The van der Waals surface area contributed by atoms with Crippen LogP contribution in [0.25, 0.3) is 20.7 Å². The lowest BCUT2D eigenvalue weighted by Gasteiger charge is -2.07. The average Bonchev–Trinajstić information content (AvgIpc) is 3.38. The number of carbonyl (C=O) groups is 1. The zero-order valence-corrected chi connectivity index (χ0v) is 17.3. The molecule has 0 bridgehead atoms. The third-order valence-corrected chi connectivity index (χ3v) is 6.90. The molecule has 142 valence electrons. The highest BCUT2D eigenvalue weighted by molar-refractivity contribution is 7.99. The molecule has 0 aliphatic carbocycles. The van der Waals surface area contributed by atoms with Gasteiger partial charge in [-0.15, -0.1) is 34.4 Å². The molecule has 0 aliphatic heterocycles. The van der Waals surface area contributed by atoms with Crippen LogP contribution in [-0.2, 0) is 11.3 Å². The fraction of sp³-hybridized carbons (Fsp3) is 0.150. The van der Waals surface area contributed by atoms with Crippen LogP contribution in [0.5, 0.6) is 0 Å². The van der Waals surface area contributed by atoms with Crippen LogP contribution < -0.4 is 10.9 Å². The van der Waals surface area contributed by atoms with Crippen LogP contribution in [0.15, 0.2) is 69.2 Å². The molecular formula is C20H17N3O2S3. The summed E-state index contributed by atoms with van der Waals surface area (Å²) in [6.45, 7) is 0.513. The molecule has 0 radical (unpaired) electrons. The van der Waals surface area contributed by atoms with Gasteiger partial charge in [0.1, 0.15) is 11.4 Å². The Bertz CT molecular complexity index is 1130. The van der Waals surface area contributed by atoms with E-state index >= 15 is 0 Å². The number of aromatic nitrogens is 2. The molecule has 0 saturated carbocycles. The second kappa shape index (κ2) is 8.72. The van der Waals surface area contributed by atoms with Gasteiger partial charge in [-0.1, -0.05) is 24.3 Å². The van der Waals surface area contributed by atoms with Gasteiger partial charge in [0, 0.05) is 33.0 Å². The average molecular weight is 428 g/mol. The van der Waals surface area contributed by atoms with Crippen molar-refractivity contribution in [3.8, 4) is 10.4 Å². The molecule has 0 saturated heterocycles. The van der Waals surface area contributed by atoms with E-state index in [0.29, 0.717) is 16.8 Å². The molecule has 0 unspecified atom stereocenters. The van der Waals surface area contributed by atoms with Gasteiger partial charge >= 0.3 is 0 Å². The maximum atomic E-state index is 12.9. The molecule has 5 nitrogen and oxygen atoms in total. The maximum Gasteiger partial charge on any atom is 0.263 e. The molecule has 4 aromatic rings. The molecular weight excluding hydrogens is 410 g/mol. The van der Waals surface area contributed by atoms with Gasteiger partial charge in [-0.2, -0.15) is 0 Å². The number of amides is 1. The summed E-state index contributed by atoms with van der Waals surface area (Å²) < 4.78 is 1.38. The van der Waals surface area contributed by atoms with Gasteiger partial charge in [0.15, 0.2) is 0 Å². The molecule has 3 aromatic heterocycles. The standard InChI is InChI=1S/C20H17N3O2S3/c24-17(21-8-10-26-14-5-2-1-3-6-14)11-23-13-22-19-18(20(23)25)15(12-28-19)16-7-4-9-27-16/h1-7,9,12-13H,8,10-11H2,(H,21,24). The van der Waals surface area contributed by atoms with Crippen LogP contribution >= 0.6 is 34.4 Å². The predicted molar refractivity (Wildman–Crippen MR) is 117 cm³/mol. The Morgan fingerprint density at radius 3 is 2.79 bits per heavy atom. The number of hydrogen-bond donors (Lipinski definition) is 1. The number of thiophene rings is 2. The van der Waals surface area contributed by atoms with Crippen LogP contribution in [0, 0.1) is 0 Å². The SMILES string of the molecule is O=C(Cn1cnc2scc(-c3cccs3)c2c1=O)NCCSc1ccccc1. The van der Waals surface area contributed by atoms with Crippen molar-refractivity contribution < 1.29 is 4.79 Å². The molecule has 1 aromatic carbocycles. The number of nitrogens with zero attached hydrogens (tertiary/aromatic N) is 2. The van der Waals surface area contributed by atoms with Gasteiger partial charge in [0.25, 0.3) is 5.56 Å². The quantitative estimate of drug-likeness (QED) is 0.356. The number of rotatable bonds is 7. The van der Waals surface area contributed by atoms with E-state index in [-0.39, 0.29) is 18.0 Å². The number of fused-ring (bicyclic) bond motifs is 1. The van der Waals surface area contributed by atoms with Crippen molar-refractivity contribution in [1.29, 1.82) is 0 Å². The number of hydrogen-bond acceptors (Lipinski definition) is 6. The van der Waals surface area contributed by atoms with Crippen LogP contribution in [0.1, 0.15) is 0 Å². The minimum atomic E-state index is -0.190. The van der Waals surface area contributed by atoms with E-state index in [9.17, 15) is 9.59 Å². The highest BCUT2D eigenvalue weighted by atomic mass is 32.2. The van der Waals surface area contributed by atoms with Gasteiger partial charge in [0.05, 0.1) is 11.7 Å². The first-order chi connectivity index (χ1) is 13.7. The van der Waals surface area contributed by atoms with Crippen LogP contribution in [-0.4, -0.2) is 27.8 Å². The Morgan fingerprint density at radius 1 is 1.14 bits per heavy atom. The van der Waals surface area contributed by atoms with Crippen LogP contribution in [0.2, 0.25) is 0 Å². The third kappa shape index (κ3) is 4.19. The van der Waals surface area contributed by atoms with Gasteiger partial charge < -0.3 is 5.32 Å². The second-order valence-electron chi connectivity index (χ2n) is 6.00. The molecule has 8 heteroatoms. The molecule has 3 heterocycles. The zero-order chi connectivity index (χ0) is 19.3. The fourth-order valence-corrected chi connectivity index (χ4v) is 5.29. The molecule has 4 rings (SSSR count). The minimum Gasteiger partial charge on any atom is -0.354 e. The highest BCUT2D eigenvalue weighted by Crippen LogP contribution is 2.33. The molecule has 1 N–H and O–H groups in total. The molecule has 0 spiro atoms. The van der Waals surface area contributed by atoms with Crippen molar-refractivity contribution in [1.82, 2.24) is 14.9 Å². The molecule has 0 aliphatic rings. The molecule has 0 fully saturated rings. The van der Waals surface area contributed by atoms with E-state index in [1.54, 1.807) is 23.1 Å². The molecule has 28 heavy (non-hydrogen) atoms. The Morgan fingerprint density at radius 2 is 2.00 bits per heavy atom. The smallest absolute Gasteiger partial charge is 0.263 e. The normalized spacial score (nSPS) is 11.0. The van der Waals surface area contributed by atoms with Crippen molar-refractivity contribution in [3.05, 3.63) is 69.9 Å². The van der Waals surface area contributed by atoms with Crippen LogP contribution in [0.4, 0.5) is 0 Å². The number of benzene rings is 1. The van der Waals surface area contributed by atoms with Crippen molar-refractivity contribution in [2.45, 2.75) is 11.4 Å². The topological polar surface area (TPSA) is 64.0 Å². The number of nitrogens with one attached hydrogen (secondary N) is 1. The van der Waals surface area contributed by atoms with Crippen molar-refractivity contribution in [2.24, 2.45) is 0 Å². The van der Waals surface area contributed by atoms with E-state index in [0.717, 1.165) is 16.2 Å². The lowest BCUT2D eigenvalue weighted by atomic mass is 10.2. The van der Waals surface area contributed by atoms with E-state index in [2.05, 4.69) is 10.3 Å². The largest absolute Gasteiger partial charge is 0.354 e. The third-order valence-electron chi connectivity index (χ3n) is 4.10. The van der Waals surface area contributed by atoms with Crippen molar-refractivity contribution in [3.63, 3.8) is 0 Å². The monoisotopic (exact) mass is 427 g/mol. The minimum absolute atomic E-state index is 0.0303. The van der Waals surface area contributed by atoms with E-state index in [1.165, 1.54) is 27.1 Å². The molecule has 1 amide bonds. The van der Waals surface area contributed by atoms with Gasteiger partial charge in [0.2, 0.25) is 5.91 Å². The zero-order valence-electron chi connectivity index (χ0n) is 14.8. The fourth-order valence-electron chi connectivity index (χ4n) is 2.78. The van der Waals surface area contributed by atoms with Crippen molar-refractivity contribution in [2.75, 3.05) is 12.3 Å². The van der Waals surface area contributed by atoms with Gasteiger partial charge in [-0.05, 0) is 23.6 Å². The lowest BCUT2D eigenvalue weighted by molar-refractivity contribution is -0.121. The number of carbonyl (C=O) groups excluding carboxylic acids is 1. The first-order valence-corrected chi connectivity index (χ1v) is 11.4. The summed E-state index contributed by atoms with van der Waals surface area (Å²) in [7, 11) is 0. The lowest BCUT2D eigenvalue weighted by Crippen LogP contribution is -2.33. The van der Waals surface area contributed by atoms with Crippen molar-refractivity contribution >= 4 is 50.6 Å². The summed E-state index contributed by atoms with van der Waals surface area (Å²) >= 11 is 4.71. The predicted octanol–water partition coefficient (Wildman–Crippen LogP) is 4.10. The Balaban J connectivity index is 1.41. The summed E-state index contributed by atoms with van der Waals surface area (Å²) in [6, 6.07) is 14.0. The molecule has 0 atom stereocenters. The maximum absolute atomic E-state index is 12.9. The summed E-state index contributed by atoms with van der Waals surface area (Å²) in [5.41, 5.74) is 0.713. The Kier molecular flexibility index (Phi) is 5.90. The summed E-state index contributed by atoms with van der Waals surface area (Å²) in [6.07, 6.45) is 1.46. The van der Waals surface area contributed by atoms with E-state index in [4.69, 9.17) is 0 Å². The summed E-state index contributed by atoms with van der Waals surface area (Å²) in [4.78, 5) is 32.4. The van der Waals surface area contributed by atoms with E-state index < -0.39 is 0 Å². The van der Waals surface area contributed by atoms with Crippen LogP contribution in [0.3, 0.4) is 0 Å². The second-order valence-corrected chi connectivity index (χ2v) is 8.97.